The molecule has 0 fully saturated rings. The highest BCUT2D eigenvalue weighted by Crippen LogP contribution is 2.43. The molecule has 3 rings (SSSR count). The number of hydrogen-bond acceptors (Lipinski definition) is 4. The number of aliphatic hydroxyl groups is 1. The number of anilines is 1. The normalized spacial score (nSPS) is 19.8. The van der Waals surface area contributed by atoms with Crippen LogP contribution in [0.25, 0.3) is 0 Å². The van der Waals surface area contributed by atoms with Crippen molar-refractivity contribution in [3.05, 3.63) is 58.3 Å². The lowest BCUT2D eigenvalue weighted by atomic mass is 9.88. The highest BCUT2D eigenvalue weighted by Gasteiger charge is 2.50. The molecule has 0 saturated carbocycles. The number of nitrogens with zero attached hydrogens (tertiary/aromatic N) is 2. The van der Waals surface area contributed by atoms with Crippen molar-refractivity contribution < 1.29 is 14.7 Å². The molecule has 1 aromatic carbocycles. The zero-order chi connectivity index (χ0) is 16.6. The standard InChI is InChI=1S/C17H15BrN2O3/c1-2-20-14-6-5-12(18)8-13(14)17(23,16(20)22)9-15(21)11-4-3-7-19-10-11/h3-8,10,23H,2,9H2,1H3. The van der Waals surface area contributed by atoms with Crippen LogP contribution in [0.2, 0.25) is 0 Å². The monoisotopic (exact) mass is 374 g/mol. The van der Waals surface area contributed by atoms with Gasteiger partial charge < -0.3 is 10.0 Å². The van der Waals surface area contributed by atoms with Crippen LogP contribution in [0, 0.1) is 0 Å². The number of benzene rings is 1. The molecule has 1 aliphatic rings. The van der Waals surface area contributed by atoms with Crippen LogP contribution in [-0.2, 0) is 10.4 Å². The number of fused-ring (bicyclic) bond motifs is 1. The smallest absolute Gasteiger partial charge is 0.264 e. The first kappa shape index (κ1) is 15.8. The van der Waals surface area contributed by atoms with E-state index in [0.29, 0.717) is 23.4 Å². The number of pyridine rings is 1. The van der Waals surface area contributed by atoms with Gasteiger partial charge in [-0.2, -0.15) is 0 Å². The molecule has 1 amide bonds. The molecule has 2 aromatic rings. The van der Waals surface area contributed by atoms with Crippen molar-refractivity contribution in [2.45, 2.75) is 18.9 Å². The Bertz CT molecular complexity index is 779. The van der Waals surface area contributed by atoms with Gasteiger partial charge in [-0.1, -0.05) is 15.9 Å². The minimum absolute atomic E-state index is 0.308. The summed E-state index contributed by atoms with van der Waals surface area (Å²) in [4.78, 5) is 30.5. The molecule has 1 aromatic heterocycles. The van der Waals surface area contributed by atoms with Crippen LogP contribution in [0.1, 0.15) is 29.3 Å². The van der Waals surface area contributed by atoms with Gasteiger partial charge in [-0.25, -0.2) is 0 Å². The zero-order valence-corrected chi connectivity index (χ0v) is 14.1. The summed E-state index contributed by atoms with van der Waals surface area (Å²) in [6.07, 6.45) is 2.69. The number of carbonyl (C=O) groups is 2. The molecule has 5 nitrogen and oxygen atoms in total. The molecule has 0 spiro atoms. The minimum atomic E-state index is -1.85. The van der Waals surface area contributed by atoms with Gasteiger partial charge in [0.25, 0.3) is 5.91 Å². The van der Waals surface area contributed by atoms with E-state index in [2.05, 4.69) is 20.9 Å². The number of halogens is 1. The van der Waals surface area contributed by atoms with Crippen molar-refractivity contribution in [2.24, 2.45) is 0 Å². The van der Waals surface area contributed by atoms with Crippen LogP contribution in [0.5, 0.6) is 0 Å². The Kier molecular flexibility index (Phi) is 4.04. The molecule has 0 aliphatic carbocycles. The van der Waals surface area contributed by atoms with E-state index >= 15 is 0 Å². The van der Waals surface area contributed by atoms with Crippen molar-refractivity contribution in [1.29, 1.82) is 0 Å². The Hall–Kier alpha value is -2.05. The minimum Gasteiger partial charge on any atom is -0.375 e. The third-order valence-electron chi connectivity index (χ3n) is 4.01. The molecule has 2 heterocycles. The second kappa shape index (κ2) is 5.86. The Balaban J connectivity index is 2.02. The Morgan fingerprint density at radius 2 is 2.17 bits per heavy atom. The number of hydrogen-bond donors (Lipinski definition) is 1. The average molecular weight is 375 g/mol. The maximum Gasteiger partial charge on any atom is 0.264 e. The first-order valence-corrected chi connectivity index (χ1v) is 8.04. The van der Waals surface area contributed by atoms with Gasteiger partial charge >= 0.3 is 0 Å². The van der Waals surface area contributed by atoms with Crippen molar-refractivity contribution >= 4 is 33.3 Å². The maximum atomic E-state index is 12.7. The number of ketones is 1. The fraction of sp³-hybridized carbons (Fsp3) is 0.235. The van der Waals surface area contributed by atoms with Gasteiger partial charge in [0.2, 0.25) is 0 Å². The lowest BCUT2D eigenvalue weighted by Gasteiger charge is -2.22. The van der Waals surface area contributed by atoms with Crippen LogP contribution in [0.4, 0.5) is 5.69 Å². The molecule has 1 N–H and O–H groups in total. The van der Waals surface area contributed by atoms with Crippen LogP contribution in [-0.4, -0.2) is 28.3 Å². The highest BCUT2D eigenvalue weighted by molar-refractivity contribution is 9.10. The summed E-state index contributed by atoms with van der Waals surface area (Å²) in [7, 11) is 0. The summed E-state index contributed by atoms with van der Waals surface area (Å²) in [5.41, 5.74) is -0.374. The quantitative estimate of drug-likeness (QED) is 0.835. The average Bonchev–Trinajstić information content (AvgIpc) is 2.76. The van der Waals surface area contributed by atoms with E-state index in [9.17, 15) is 14.7 Å². The lowest BCUT2D eigenvalue weighted by molar-refractivity contribution is -0.135. The van der Waals surface area contributed by atoms with Crippen LogP contribution in [0.15, 0.2) is 47.2 Å². The molecule has 1 unspecified atom stereocenters. The fourth-order valence-electron chi connectivity index (χ4n) is 2.87. The first-order chi connectivity index (χ1) is 11.0. The number of likely N-dealkylation sites (N-methyl/N-ethyl adjacent to an activating group) is 1. The SMILES string of the molecule is CCN1C(=O)C(O)(CC(=O)c2cccnc2)c2cc(Br)ccc21. The molecular weight excluding hydrogens is 360 g/mol. The van der Waals surface area contributed by atoms with Gasteiger partial charge in [0, 0.05) is 34.5 Å². The Morgan fingerprint density at radius 1 is 1.39 bits per heavy atom. The van der Waals surface area contributed by atoms with Crippen molar-refractivity contribution in [3.8, 4) is 0 Å². The third kappa shape index (κ3) is 2.58. The highest BCUT2D eigenvalue weighted by atomic mass is 79.9. The summed E-state index contributed by atoms with van der Waals surface area (Å²) < 4.78 is 0.745. The summed E-state index contributed by atoms with van der Waals surface area (Å²) in [5, 5.41) is 11.0. The van der Waals surface area contributed by atoms with Crippen LogP contribution >= 0.6 is 15.9 Å². The Morgan fingerprint density at radius 3 is 2.83 bits per heavy atom. The van der Waals surface area contributed by atoms with Crippen molar-refractivity contribution in [2.75, 3.05) is 11.4 Å². The third-order valence-corrected chi connectivity index (χ3v) is 4.50. The van der Waals surface area contributed by atoms with Crippen LogP contribution < -0.4 is 4.90 Å². The van der Waals surface area contributed by atoms with E-state index < -0.39 is 11.5 Å². The number of rotatable bonds is 4. The summed E-state index contributed by atoms with van der Waals surface area (Å²) in [6.45, 7) is 2.26. The number of aromatic nitrogens is 1. The first-order valence-electron chi connectivity index (χ1n) is 7.25. The number of Topliss-reactive ketones (excluding diaryl/α,β-unsaturated/α-hetero) is 1. The van der Waals surface area contributed by atoms with Crippen molar-refractivity contribution in [1.82, 2.24) is 4.98 Å². The zero-order valence-electron chi connectivity index (χ0n) is 12.5. The van der Waals surface area contributed by atoms with Gasteiger partial charge in [0.15, 0.2) is 11.4 Å². The predicted molar refractivity (Wildman–Crippen MR) is 89.3 cm³/mol. The van der Waals surface area contributed by atoms with E-state index in [-0.39, 0.29) is 12.2 Å². The predicted octanol–water partition coefficient (Wildman–Crippen LogP) is 2.67. The molecule has 1 aliphatic heterocycles. The van der Waals surface area contributed by atoms with E-state index in [1.807, 2.05) is 13.0 Å². The fourth-order valence-corrected chi connectivity index (χ4v) is 3.23. The topological polar surface area (TPSA) is 70.5 Å². The molecule has 6 heteroatoms. The number of carbonyl (C=O) groups excluding carboxylic acids is 2. The van der Waals surface area contributed by atoms with E-state index in [4.69, 9.17) is 0 Å². The molecule has 1 atom stereocenters. The Labute approximate surface area is 142 Å². The molecule has 118 valence electrons. The van der Waals surface area contributed by atoms with Gasteiger partial charge in [-0.05, 0) is 37.3 Å². The second-order valence-electron chi connectivity index (χ2n) is 5.41. The lowest BCUT2D eigenvalue weighted by Crippen LogP contribution is -2.41. The number of amides is 1. The van der Waals surface area contributed by atoms with Crippen LogP contribution in [0.3, 0.4) is 0 Å². The summed E-state index contributed by atoms with van der Waals surface area (Å²) in [6, 6.07) is 8.55. The van der Waals surface area contributed by atoms with Crippen molar-refractivity contribution in [3.63, 3.8) is 0 Å². The molecule has 0 saturated heterocycles. The molecule has 23 heavy (non-hydrogen) atoms. The van der Waals surface area contributed by atoms with Gasteiger partial charge in [-0.3, -0.25) is 14.6 Å². The molecule has 0 radical (unpaired) electrons. The van der Waals surface area contributed by atoms with E-state index in [0.717, 1.165) is 4.47 Å². The second-order valence-corrected chi connectivity index (χ2v) is 6.33. The molecule has 0 bridgehead atoms. The summed E-state index contributed by atoms with van der Waals surface area (Å²) >= 11 is 3.35. The van der Waals surface area contributed by atoms with E-state index in [1.165, 1.54) is 11.1 Å². The van der Waals surface area contributed by atoms with Gasteiger partial charge in [0.05, 0.1) is 12.1 Å². The summed E-state index contributed by atoms with van der Waals surface area (Å²) in [5.74, 6) is -0.789. The van der Waals surface area contributed by atoms with Gasteiger partial charge in [0.1, 0.15) is 0 Å². The maximum absolute atomic E-state index is 12.7. The molecular formula is C17H15BrN2O3. The van der Waals surface area contributed by atoms with Gasteiger partial charge in [-0.15, -0.1) is 0 Å². The van der Waals surface area contributed by atoms with E-state index in [1.54, 1.807) is 30.5 Å². The largest absolute Gasteiger partial charge is 0.375 e.